The summed E-state index contributed by atoms with van der Waals surface area (Å²) in [6.45, 7) is 5.02. The Morgan fingerprint density at radius 3 is 2.65 bits per heavy atom. The smallest absolute Gasteiger partial charge is 0.234 e. The quantitative estimate of drug-likeness (QED) is 0.666. The number of carbonyl (C=O) groups excluding carboxylic acids is 1. The summed E-state index contributed by atoms with van der Waals surface area (Å²) in [6, 6.07) is 2.01. The number of piperidine rings is 1. The van der Waals surface area contributed by atoms with Gasteiger partial charge in [0.2, 0.25) is 5.91 Å². The summed E-state index contributed by atoms with van der Waals surface area (Å²) in [5.41, 5.74) is 0.216. The van der Waals surface area contributed by atoms with Crippen molar-refractivity contribution in [2.45, 2.75) is 31.7 Å². The molecule has 0 saturated carbocycles. The highest BCUT2D eigenvalue weighted by atomic mass is 16.2. The minimum Gasteiger partial charge on any atom is -0.354 e. The fraction of sp³-hybridized carbons (Fsp3) is 0.833. The molecule has 0 aromatic carbocycles. The number of nitrogens with one attached hydrogen (secondary N) is 2. The van der Waals surface area contributed by atoms with Crippen molar-refractivity contribution >= 4 is 5.91 Å². The topological polar surface area (TPSA) is 68.2 Å². The van der Waals surface area contributed by atoms with Gasteiger partial charge in [-0.25, -0.2) is 0 Å². The van der Waals surface area contributed by atoms with E-state index in [0.29, 0.717) is 19.5 Å². The average molecular weight is 238 g/mol. The lowest BCUT2D eigenvalue weighted by atomic mass is 9.90. The van der Waals surface area contributed by atoms with E-state index in [9.17, 15) is 4.79 Å². The van der Waals surface area contributed by atoms with Gasteiger partial charge >= 0.3 is 0 Å². The van der Waals surface area contributed by atoms with Crippen LogP contribution in [0.15, 0.2) is 0 Å². The fourth-order valence-corrected chi connectivity index (χ4v) is 1.97. The molecule has 5 heteroatoms. The van der Waals surface area contributed by atoms with Crippen LogP contribution in [0, 0.1) is 11.3 Å². The van der Waals surface area contributed by atoms with Crippen LogP contribution in [0.3, 0.4) is 0 Å². The monoisotopic (exact) mass is 238 g/mol. The fourth-order valence-electron chi connectivity index (χ4n) is 1.97. The number of amides is 1. The predicted octanol–water partition coefficient (Wildman–Crippen LogP) is 0.0902. The molecule has 17 heavy (non-hydrogen) atoms. The first kappa shape index (κ1) is 13.9. The van der Waals surface area contributed by atoms with Gasteiger partial charge < -0.3 is 10.6 Å². The Kier molecular flexibility index (Phi) is 5.39. The molecule has 1 aliphatic rings. The molecule has 0 bridgehead atoms. The Morgan fingerprint density at radius 2 is 2.12 bits per heavy atom. The van der Waals surface area contributed by atoms with Crippen LogP contribution >= 0.6 is 0 Å². The number of likely N-dealkylation sites (tertiary alicyclic amines) is 1. The molecule has 1 heterocycles. The van der Waals surface area contributed by atoms with Gasteiger partial charge in [0.1, 0.15) is 0 Å². The molecule has 0 radical (unpaired) electrons. The molecule has 0 atom stereocenters. The lowest BCUT2D eigenvalue weighted by molar-refractivity contribution is -0.122. The molecular formula is C12H22N4O. The molecule has 0 aromatic rings. The molecule has 2 N–H and O–H groups in total. The minimum absolute atomic E-state index is 0.0216. The lowest BCUT2D eigenvalue weighted by Gasteiger charge is -2.38. The maximum Gasteiger partial charge on any atom is 0.234 e. The van der Waals surface area contributed by atoms with Crippen molar-refractivity contribution in [1.29, 1.82) is 5.26 Å². The third kappa shape index (κ3) is 4.72. The van der Waals surface area contributed by atoms with E-state index in [0.717, 1.165) is 25.9 Å². The van der Waals surface area contributed by atoms with Crippen LogP contribution in [0.4, 0.5) is 0 Å². The summed E-state index contributed by atoms with van der Waals surface area (Å²) in [4.78, 5) is 13.7. The van der Waals surface area contributed by atoms with E-state index in [1.807, 2.05) is 13.1 Å². The summed E-state index contributed by atoms with van der Waals surface area (Å²) in [5, 5.41) is 14.4. The molecular weight excluding hydrogens is 216 g/mol. The van der Waals surface area contributed by atoms with Gasteiger partial charge in [-0.2, -0.15) is 5.26 Å². The maximum absolute atomic E-state index is 11.5. The zero-order valence-corrected chi connectivity index (χ0v) is 10.8. The van der Waals surface area contributed by atoms with Crippen LogP contribution in [0.2, 0.25) is 0 Å². The Labute approximate surface area is 103 Å². The zero-order chi connectivity index (χ0) is 12.7. The second-order valence-electron chi connectivity index (χ2n) is 4.84. The third-order valence-electron chi connectivity index (χ3n) is 3.49. The van der Waals surface area contributed by atoms with Gasteiger partial charge in [0.25, 0.3) is 0 Å². The van der Waals surface area contributed by atoms with Crippen molar-refractivity contribution in [3.63, 3.8) is 0 Å². The molecule has 0 aromatic heterocycles. The molecule has 1 fully saturated rings. The summed E-state index contributed by atoms with van der Waals surface area (Å²) in [5.74, 6) is 0.0216. The standard InChI is InChI=1S/C12H22N4O/c1-12(14-2)4-8-16(9-5-12)10-11(17)15-7-3-6-13/h14H,3-5,7-10H2,1-2H3,(H,15,17). The van der Waals surface area contributed by atoms with Crippen LogP contribution in [-0.4, -0.2) is 49.6 Å². The molecule has 1 amide bonds. The Balaban J connectivity index is 2.22. The third-order valence-corrected chi connectivity index (χ3v) is 3.49. The molecule has 0 unspecified atom stereocenters. The van der Waals surface area contributed by atoms with E-state index in [2.05, 4.69) is 22.5 Å². The second-order valence-corrected chi connectivity index (χ2v) is 4.84. The molecule has 5 nitrogen and oxygen atoms in total. The number of hydrogen-bond donors (Lipinski definition) is 2. The highest BCUT2D eigenvalue weighted by Crippen LogP contribution is 2.20. The molecule has 96 valence electrons. The number of nitriles is 1. The van der Waals surface area contributed by atoms with E-state index in [-0.39, 0.29) is 11.4 Å². The van der Waals surface area contributed by atoms with Crippen molar-refractivity contribution in [3.05, 3.63) is 0 Å². The largest absolute Gasteiger partial charge is 0.354 e. The summed E-state index contributed by atoms with van der Waals surface area (Å²) >= 11 is 0. The molecule has 1 saturated heterocycles. The molecule has 1 rings (SSSR count). The van der Waals surface area contributed by atoms with Crippen LogP contribution < -0.4 is 10.6 Å². The maximum atomic E-state index is 11.5. The van der Waals surface area contributed by atoms with Crippen molar-refractivity contribution in [2.75, 3.05) is 33.2 Å². The van der Waals surface area contributed by atoms with Crippen molar-refractivity contribution < 1.29 is 4.79 Å². The summed E-state index contributed by atoms with van der Waals surface area (Å²) in [6.07, 6.45) is 2.51. The van der Waals surface area contributed by atoms with Crippen LogP contribution in [0.25, 0.3) is 0 Å². The normalized spacial score (nSPS) is 19.6. The van der Waals surface area contributed by atoms with E-state index in [1.54, 1.807) is 0 Å². The molecule has 0 aliphatic carbocycles. The van der Waals surface area contributed by atoms with Gasteiger partial charge in [-0.05, 0) is 26.8 Å². The van der Waals surface area contributed by atoms with Crippen molar-refractivity contribution in [2.24, 2.45) is 0 Å². The second kappa shape index (κ2) is 6.58. The van der Waals surface area contributed by atoms with Crippen molar-refractivity contribution in [3.8, 4) is 6.07 Å². The van der Waals surface area contributed by atoms with Gasteiger partial charge in [-0.3, -0.25) is 9.69 Å². The Hall–Kier alpha value is -1.12. The Morgan fingerprint density at radius 1 is 1.47 bits per heavy atom. The number of hydrogen-bond acceptors (Lipinski definition) is 4. The Bertz CT molecular complexity index is 289. The molecule has 1 aliphatic heterocycles. The first-order valence-corrected chi connectivity index (χ1v) is 6.14. The van der Waals surface area contributed by atoms with Gasteiger partial charge in [-0.15, -0.1) is 0 Å². The number of rotatable bonds is 5. The van der Waals surface area contributed by atoms with E-state index >= 15 is 0 Å². The molecule has 0 spiro atoms. The van der Waals surface area contributed by atoms with Crippen LogP contribution in [0.1, 0.15) is 26.2 Å². The van der Waals surface area contributed by atoms with Crippen molar-refractivity contribution in [1.82, 2.24) is 15.5 Å². The minimum atomic E-state index is 0.0216. The first-order chi connectivity index (χ1) is 8.09. The van der Waals surface area contributed by atoms with Crippen LogP contribution in [-0.2, 0) is 4.79 Å². The van der Waals surface area contributed by atoms with Gasteiger partial charge in [0.15, 0.2) is 0 Å². The van der Waals surface area contributed by atoms with E-state index in [1.165, 1.54) is 0 Å². The number of carbonyl (C=O) groups is 1. The first-order valence-electron chi connectivity index (χ1n) is 6.14. The van der Waals surface area contributed by atoms with E-state index in [4.69, 9.17) is 5.26 Å². The van der Waals surface area contributed by atoms with Crippen LogP contribution in [0.5, 0.6) is 0 Å². The number of nitrogens with zero attached hydrogens (tertiary/aromatic N) is 2. The summed E-state index contributed by atoms with van der Waals surface area (Å²) < 4.78 is 0. The van der Waals surface area contributed by atoms with Gasteiger partial charge in [0, 0.05) is 25.2 Å². The van der Waals surface area contributed by atoms with Gasteiger partial charge in [-0.1, -0.05) is 0 Å². The average Bonchev–Trinajstić information content (AvgIpc) is 2.33. The zero-order valence-electron chi connectivity index (χ0n) is 10.8. The lowest BCUT2D eigenvalue weighted by Crippen LogP contribution is -2.51. The predicted molar refractivity (Wildman–Crippen MR) is 66.4 cm³/mol. The summed E-state index contributed by atoms with van der Waals surface area (Å²) in [7, 11) is 1.99. The van der Waals surface area contributed by atoms with E-state index < -0.39 is 0 Å². The highest BCUT2D eigenvalue weighted by Gasteiger charge is 2.28. The highest BCUT2D eigenvalue weighted by molar-refractivity contribution is 5.78. The SMILES string of the molecule is CNC1(C)CCN(CC(=O)NCCC#N)CC1. The van der Waals surface area contributed by atoms with Gasteiger partial charge in [0.05, 0.1) is 19.0 Å².